The van der Waals surface area contributed by atoms with Crippen LogP contribution < -0.4 is 11.1 Å². The molecule has 0 saturated carbocycles. The highest BCUT2D eigenvalue weighted by molar-refractivity contribution is 6.11. The van der Waals surface area contributed by atoms with Gasteiger partial charge in [0.25, 0.3) is 11.1 Å². The smallest absolute Gasteiger partial charge is 0.267 e. The van der Waals surface area contributed by atoms with Gasteiger partial charge in [-0.1, -0.05) is 103 Å². The van der Waals surface area contributed by atoms with E-state index in [-0.39, 0.29) is 28.2 Å². The zero-order valence-electron chi connectivity index (χ0n) is 26.1. The first-order chi connectivity index (χ1) is 24.0. The summed E-state index contributed by atoms with van der Waals surface area (Å²) in [6.45, 7) is 0. The molecule has 8 aromatic rings. The van der Waals surface area contributed by atoms with Crippen molar-refractivity contribution in [2.45, 2.75) is 0 Å². The number of allylic oxidation sites excluding steroid dienone is 2. The van der Waals surface area contributed by atoms with Gasteiger partial charge >= 0.3 is 0 Å². The van der Waals surface area contributed by atoms with Gasteiger partial charge in [0.1, 0.15) is 11.5 Å². The predicted molar refractivity (Wildman–Crippen MR) is 199 cm³/mol. The Balaban J connectivity index is 1.30. The van der Waals surface area contributed by atoms with Gasteiger partial charge in [0.2, 0.25) is 0 Å². The molecule has 6 aromatic carbocycles. The van der Waals surface area contributed by atoms with Gasteiger partial charge in [-0.25, -0.2) is 0 Å². The minimum Gasteiger partial charge on any atom is -0.506 e. The lowest BCUT2D eigenvalue weighted by Crippen LogP contribution is -2.21. The fraction of sp³-hybridized carbons (Fsp3) is 0. The van der Waals surface area contributed by atoms with E-state index in [4.69, 9.17) is 0 Å². The van der Waals surface area contributed by atoms with Crippen LogP contribution in [-0.4, -0.2) is 19.3 Å². The number of pyridine rings is 2. The summed E-state index contributed by atoms with van der Waals surface area (Å²) in [7, 11) is 0. The molecule has 0 bridgehead atoms. The quantitative estimate of drug-likeness (QED) is 0.112. The molecule has 0 fully saturated rings. The highest BCUT2D eigenvalue weighted by Gasteiger charge is 2.19. The predicted octanol–water partition coefficient (Wildman–Crippen LogP) is 8.89. The van der Waals surface area contributed by atoms with Crippen LogP contribution in [0.3, 0.4) is 0 Å². The van der Waals surface area contributed by atoms with E-state index in [0.717, 1.165) is 21.5 Å². The summed E-state index contributed by atoms with van der Waals surface area (Å²) in [5.41, 5.74) is 4.91. The fourth-order valence-electron chi connectivity index (χ4n) is 6.60. The number of fused-ring (bicyclic) bond motifs is 6. The van der Waals surface area contributed by atoms with Gasteiger partial charge < -0.3 is 10.2 Å². The Kier molecular flexibility index (Phi) is 7.26. The fourth-order valence-corrected chi connectivity index (χ4v) is 6.60. The topological polar surface area (TPSA) is 84.5 Å². The molecule has 0 spiro atoms. The Labute approximate surface area is 280 Å². The van der Waals surface area contributed by atoms with Gasteiger partial charge in [0.05, 0.1) is 22.2 Å². The lowest BCUT2D eigenvalue weighted by Gasteiger charge is -2.15. The summed E-state index contributed by atoms with van der Waals surface area (Å²) in [6, 6.07) is 41.6. The van der Waals surface area contributed by atoms with Gasteiger partial charge in [-0.05, 0) is 76.2 Å². The van der Waals surface area contributed by atoms with E-state index in [1.807, 2.05) is 133 Å². The molecule has 0 aliphatic carbocycles. The monoisotopic (exact) mass is 636 g/mol. The highest BCUT2D eigenvalue weighted by atomic mass is 16.3. The van der Waals surface area contributed by atoms with Crippen LogP contribution in [0.1, 0.15) is 11.1 Å². The van der Waals surface area contributed by atoms with Crippen molar-refractivity contribution in [1.82, 2.24) is 9.13 Å². The molecule has 0 saturated heterocycles. The molecule has 6 nitrogen and oxygen atoms in total. The average molecular weight is 637 g/mol. The molecule has 0 unspecified atom stereocenters. The lowest BCUT2D eigenvalue weighted by molar-refractivity contribution is 0.478. The second kappa shape index (κ2) is 12.0. The summed E-state index contributed by atoms with van der Waals surface area (Å²) in [6.07, 6.45) is 6.11. The molecular formula is C43H28N2O4. The van der Waals surface area contributed by atoms with Crippen LogP contribution in [-0.2, 0) is 0 Å². The number of nitrogens with zero attached hydrogens (tertiary/aromatic N) is 2. The standard InChI is InChI=1S/C43H28N2O4/c46-40-34(42(48)44(30-16-4-1-5-17-30)36-26-24-28-14-10-12-20-32(28)38(36)40)22-8-3-9-23-35-41(47)39-33-21-13-11-15-29(33)25-27-37(39)45(43(35)49)31-18-6-2-7-19-31/h1-8,10-27,46-47H. The summed E-state index contributed by atoms with van der Waals surface area (Å²) < 4.78 is 3.19. The van der Waals surface area contributed by atoms with E-state index in [9.17, 15) is 19.8 Å². The first-order valence-electron chi connectivity index (χ1n) is 15.8. The first-order valence-corrected chi connectivity index (χ1v) is 15.8. The third kappa shape index (κ3) is 4.92. The number of aromatic nitrogens is 2. The van der Waals surface area contributed by atoms with Gasteiger partial charge in [-0.2, -0.15) is 0 Å². The van der Waals surface area contributed by atoms with E-state index in [1.165, 1.54) is 18.2 Å². The number of hydrogen-bond donors (Lipinski definition) is 2. The Hall–Kier alpha value is -6.88. The normalized spacial score (nSPS) is 11.4. The summed E-state index contributed by atoms with van der Waals surface area (Å²) in [4.78, 5) is 27.9. The number of benzene rings is 6. The third-order valence-corrected chi connectivity index (χ3v) is 8.86. The maximum absolute atomic E-state index is 14.0. The maximum Gasteiger partial charge on any atom is 0.267 e. The summed E-state index contributed by atoms with van der Waals surface area (Å²) >= 11 is 0. The van der Waals surface area contributed by atoms with Crippen molar-refractivity contribution in [2.24, 2.45) is 0 Å². The van der Waals surface area contributed by atoms with Gasteiger partial charge in [-0.15, -0.1) is 5.73 Å². The van der Waals surface area contributed by atoms with Gasteiger partial charge in [-0.3, -0.25) is 18.7 Å². The molecule has 0 atom stereocenters. The van der Waals surface area contributed by atoms with E-state index >= 15 is 0 Å². The number of hydrogen-bond acceptors (Lipinski definition) is 4. The van der Waals surface area contributed by atoms with Gasteiger partial charge in [0, 0.05) is 22.1 Å². The molecular weight excluding hydrogens is 608 g/mol. The van der Waals surface area contributed by atoms with Crippen molar-refractivity contribution in [3.8, 4) is 22.9 Å². The maximum atomic E-state index is 14.0. The van der Waals surface area contributed by atoms with Crippen molar-refractivity contribution in [3.05, 3.63) is 183 Å². The molecule has 0 radical (unpaired) electrons. The average Bonchev–Trinajstić information content (AvgIpc) is 3.14. The molecule has 6 heteroatoms. The zero-order valence-corrected chi connectivity index (χ0v) is 26.1. The van der Waals surface area contributed by atoms with E-state index < -0.39 is 5.56 Å². The number of para-hydroxylation sites is 2. The molecule has 0 aliphatic rings. The third-order valence-electron chi connectivity index (χ3n) is 8.86. The van der Waals surface area contributed by atoms with Crippen molar-refractivity contribution in [3.63, 3.8) is 0 Å². The summed E-state index contributed by atoms with van der Waals surface area (Å²) in [5.74, 6) is -0.263. The lowest BCUT2D eigenvalue weighted by atomic mass is 10.0. The van der Waals surface area contributed by atoms with E-state index in [1.54, 1.807) is 15.2 Å². The van der Waals surface area contributed by atoms with Crippen LogP contribution >= 0.6 is 0 Å². The van der Waals surface area contributed by atoms with Crippen molar-refractivity contribution in [1.29, 1.82) is 0 Å². The molecule has 2 aromatic heterocycles. The molecule has 2 heterocycles. The highest BCUT2D eigenvalue weighted by Crippen LogP contribution is 2.36. The van der Waals surface area contributed by atoms with Crippen LogP contribution in [0.15, 0.2) is 161 Å². The molecule has 234 valence electrons. The van der Waals surface area contributed by atoms with Crippen LogP contribution in [0, 0.1) is 0 Å². The van der Waals surface area contributed by atoms with E-state index in [0.29, 0.717) is 33.2 Å². The number of rotatable bonds is 5. The molecule has 2 N–H and O–H groups in total. The Bertz CT molecular complexity index is 2810. The second-order valence-electron chi connectivity index (χ2n) is 11.7. The molecule has 49 heavy (non-hydrogen) atoms. The van der Waals surface area contributed by atoms with Crippen molar-refractivity contribution >= 4 is 55.5 Å². The van der Waals surface area contributed by atoms with E-state index in [2.05, 4.69) is 5.73 Å². The Morgan fingerprint density at radius 3 is 1.49 bits per heavy atom. The van der Waals surface area contributed by atoms with Crippen LogP contribution in [0.4, 0.5) is 0 Å². The molecule has 0 aliphatic heterocycles. The summed E-state index contributed by atoms with van der Waals surface area (Å²) in [5, 5.41) is 27.7. The first kappa shape index (κ1) is 29.5. The molecule has 8 rings (SSSR count). The van der Waals surface area contributed by atoms with Crippen LogP contribution in [0.25, 0.3) is 66.9 Å². The van der Waals surface area contributed by atoms with Crippen molar-refractivity contribution in [2.75, 3.05) is 0 Å². The van der Waals surface area contributed by atoms with Crippen molar-refractivity contribution < 1.29 is 10.2 Å². The molecule has 0 amide bonds. The minimum atomic E-state index is -0.402. The minimum absolute atomic E-state index is 0.0730. The van der Waals surface area contributed by atoms with Crippen LogP contribution in [0.2, 0.25) is 0 Å². The zero-order chi connectivity index (χ0) is 33.5. The second-order valence-corrected chi connectivity index (χ2v) is 11.7. The Morgan fingerprint density at radius 2 is 0.959 bits per heavy atom. The Morgan fingerprint density at radius 1 is 0.510 bits per heavy atom. The SMILES string of the molecule is O=c1c(C=C=CC=Cc2c(O)c3c4ccccc4ccc3n(-c3ccccc3)c2=O)c(O)c2c3ccccc3ccc2n1-c1ccccc1. The van der Waals surface area contributed by atoms with Gasteiger partial charge in [0.15, 0.2) is 0 Å². The van der Waals surface area contributed by atoms with Crippen LogP contribution in [0.5, 0.6) is 11.5 Å². The number of aromatic hydroxyl groups is 2. The largest absolute Gasteiger partial charge is 0.506 e.